The fourth-order valence-electron chi connectivity index (χ4n) is 3.34. The van der Waals surface area contributed by atoms with Gasteiger partial charge >= 0.3 is 0 Å². The zero-order valence-electron chi connectivity index (χ0n) is 16.6. The summed E-state index contributed by atoms with van der Waals surface area (Å²) in [6.07, 6.45) is 3.71. The number of aromatic nitrogens is 2. The maximum atomic E-state index is 12.7. The first kappa shape index (κ1) is 20.2. The Balaban J connectivity index is 1.37. The van der Waals surface area contributed by atoms with Gasteiger partial charge in [0.15, 0.2) is 5.69 Å². The molecule has 0 unspecified atom stereocenters. The van der Waals surface area contributed by atoms with Crippen LogP contribution in [0.2, 0.25) is 5.02 Å². The van der Waals surface area contributed by atoms with Crippen molar-refractivity contribution < 1.29 is 9.53 Å². The van der Waals surface area contributed by atoms with E-state index in [4.69, 9.17) is 16.3 Å². The van der Waals surface area contributed by atoms with Crippen molar-refractivity contribution in [3.05, 3.63) is 82.6 Å². The van der Waals surface area contributed by atoms with Crippen LogP contribution < -0.4 is 15.0 Å². The highest BCUT2D eigenvalue weighted by atomic mass is 35.5. The molecule has 1 fully saturated rings. The van der Waals surface area contributed by atoms with Crippen LogP contribution in [0.1, 0.15) is 34.5 Å². The monoisotopic (exact) mass is 422 g/mol. The first-order valence-electron chi connectivity index (χ1n) is 10.0. The number of hydrogen-bond donors (Lipinski definition) is 1. The summed E-state index contributed by atoms with van der Waals surface area (Å²) in [7, 11) is 0. The number of benzene rings is 2. The molecule has 30 heavy (non-hydrogen) atoms. The van der Waals surface area contributed by atoms with E-state index in [2.05, 4.69) is 20.2 Å². The van der Waals surface area contributed by atoms with Gasteiger partial charge in [-0.15, -0.1) is 0 Å². The van der Waals surface area contributed by atoms with E-state index in [0.717, 1.165) is 42.8 Å². The van der Waals surface area contributed by atoms with Crippen LogP contribution in [-0.4, -0.2) is 29.0 Å². The van der Waals surface area contributed by atoms with Crippen molar-refractivity contribution in [2.45, 2.75) is 26.0 Å². The van der Waals surface area contributed by atoms with Crippen LogP contribution in [0.5, 0.6) is 5.75 Å². The van der Waals surface area contributed by atoms with Gasteiger partial charge in [-0.3, -0.25) is 4.79 Å². The third-order valence-electron chi connectivity index (χ3n) is 4.94. The van der Waals surface area contributed by atoms with Crippen LogP contribution in [0, 0.1) is 0 Å². The van der Waals surface area contributed by atoms with Gasteiger partial charge in [0.05, 0.1) is 11.2 Å². The average molecular weight is 423 g/mol. The summed E-state index contributed by atoms with van der Waals surface area (Å²) in [6, 6.07) is 17.6. The number of carbonyl (C=O) groups is 1. The molecule has 1 aromatic heterocycles. The summed E-state index contributed by atoms with van der Waals surface area (Å²) in [5.74, 6) is 0.985. The van der Waals surface area contributed by atoms with Gasteiger partial charge in [0.2, 0.25) is 5.95 Å². The molecule has 2 heterocycles. The van der Waals surface area contributed by atoms with Crippen LogP contribution in [0.25, 0.3) is 0 Å². The summed E-state index contributed by atoms with van der Waals surface area (Å²) in [4.78, 5) is 23.4. The third-order valence-corrected chi connectivity index (χ3v) is 5.21. The van der Waals surface area contributed by atoms with E-state index in [1.807, 2.05) is 54.6 Å². The molecule has 1 aliphatic heterocycles. The summed E-state index contributed by atoms with van der Waals surface area (Å²) < 4.78 is 5.86. The number of carbonyl (C=O) groups excluding carboxylic acids is 1. The van der Waals surface area contributed by atoms with Gasteiger partial charge in [0.1, 0.15) is 12.4 Å². The average Bonchev–Trinajstić information content (AvgIpc) is 3.32. The van der Waals surface area contributed by atoms with Crippen LogP contribution in [0.4, 0.5) is 5.95 Å². The molecule has 1 saturated heterocycles. The minimum Gasteiger partial charge on any atom is -0.489 e. The van der Waals surface area contributed by atoms with Crippen LogP contribution in [-0.2, 0) is 13.2 Å². The predicted molar refractivity (Wildman–Crippen MR) is 117 cm³/mol. The zero-order chi connectivity index (χ0) is 20.8. The van der Waals surface area contributed by atoms with Crippen LogP contribution >= 0.6 is 11.6 Å². The summed E-state index contributed by atoms with van der Waals surface area (Å²) >= 11 is 6.18. The highest BCUT2D eigenvalue weighted by Crippen LogP contribution is 2.20. The van der Waals surface area contributed by atoms with Crippen molar-refractivity contribution >= 4 is 23.5 Å². The Labute approximate surface area is 180 Å². The smallest absolute Gasteiger partial charge is 0.271 e. The van der Waals surface area contributed by atoms with E-state index in [-0.39, 0.29) is 16.6 Å². The number of amides is 1. The number of halogens is 1. The molecule has 6 nitrogen and oxygen atoms in total. The number of rotatable bonds is 7. The maximum absolute atomic E-state index is 12.7. The van der Waals surface area contributed by atoms with Gasteiger partial charge in [-0.2, -0.15) is 0 Å². The van der Waals surface area contributed by atoms with E-state index in [1.54, 1.807) is 0 Å². The lowest BCUT2D eigenvalue weighted by molar-refractivity contribution is 0.0946. The molecule has 7 heteroatoms. The van der Waals surface area contributed by atoms with E-state index in [0.29, 0.717) is 19.1 Å². The quantitative estimate of drug-likeness (QED) is 0.616. The molecule has 0 spiro atoms. The lowest BCUT2D eigenvalue weighted by atomic mass is 10.2. The largest absolute Gasteiger partial charge is 0.489 e. The molecule has 0 atom stereocenters. The second-order valence-electron chi connectivity index (χ2n) is 7.17. The lowest BCUT2D eigenvalue weighted by Gasteiger charge is -2.16. The Morgan fingerprint density at radius 2 is 1.83 bits per heavy atom. The summed E-state index contributed by atoms with van der Waals surface area (Å²) in [5.41, 5.74) is 2.23. The van der Waals surface area contributed by atoms with Crippen molar-refractivity contribution in [2.75, 3.05) is 18.0 Å². The highest BCUT2D eigenvalue weighted by Gasteiger charge is 2.19. The number of nitrogens with zero attached hydrogens (tertiary/aromatic N) is 3. The topological polar surface area (TPSA) is 67.3 Å². The van der Waals surface area contributed by atoms with Crippen molar-refractivity contribution in [1.29, 1.82) is 0 Å². The minimum absolute atomic E-state index is 0.199. The Kier molecular flexibility index (Phi) is 6.44. The van der Waals surface area contributed by atoms with Gasteiger partial charge in [0.25, 0.3) is 5.91 Å². The zero-order valence-corrected chi connectivity index (χ0v) is 17.3. The third kappa shape index (κ3) is 5.07. The predicted octanol–water partition coefficient (Wildman–Crippen LogP) is 4.24. The molecular formula is C23H23ClN4O2. The Bertz CT molecular complexity index is 1010. The Hall–Kier alpha value is -3.12. The molecule has 154 valence electrons. The molecule has 3 aromatic rings. The first-order chi connectivity index (χ1) is 14.7. The summed E-state index contributed by atoms with van der Waals surface area (Å²) in [6.45, 7) is 2.64. The van der Waals surface area contributed by atoms with Crippen molar-refractivity contribution in [3.8, 4) is 5.75 Å². The fraction of sp³-hybridized carbons (Fsp3) is 0.261. The fourth-order valence-corrected chi connectivity index (χ4v) is 3.52. The second-order valence-corrected chi connectivity index (χ2v) is 7.57. The normalized spacial score (nSPS) is 13.3. The van der Waals surface area contributed by atoms with E-state index < -0.39 is 0 Å². The van der Waals surface area contributed by atoms with Crippen LogP contribution in [0.3, 0.4) is 0 Å². The van der Waals surface area contributed by atoms with Crippen LogP contribution in [0.15, 0.2) is 60.8 Å². The molecule has 2 aromatic carbocycles. The molecule has 0 aliphatic carbocycles. The molecular weight excluding hydrogens is 400 g/mol. The Morgan fingerprint density at radius 1 is 1.07 bits per heavy atom. The molecule has 1 amide bonds. The van der Waals surface area contributed by atoms with Gasteiger partial charge in [-0.25, -0.2) is 9.97 Å². The number of ether oxygens (including phenoxy) is 1. The standard InChI is InChI=1S/C23H23ClN4O2/c24-20-15-26-23(28-11-4-5-12-28)27-21(20)22(29)25-14-18-9-6-10-19(13-18)30-16-17-7-2-1-3-8-17/h1-3,6-10,13,15H,4-5,11-12,14,16H2,(H,25,29). The van der Waals surface area contributed by atoms with E-state index in [9.17, 15) is 4.79 Å². The molecule has 4 rings (SSSR count). The number of hydrogen-bond acceptors (Lipinski definition) is 5. The molecule has 1 aliphatic rings. The Morgan fingerprint density at radius 3 is 2.63 bits per heavy atom. The molecule has 0 saturated carbocycles. The second kappa shape index (κ2) is 9.59. The van der Waals surface area contributed by atoms with Gasteiger partial charge in [-0.05, 0) is 36.1 Å². The van der Waals surface area contributed by atoms with Gasteiger partial charge in [-0.1, -0.05) is 54.1 Å². The maximum Gasteiger partial charge on any atom is 0.271 e. The molecule has 1 N–H and O–H groups in total. The van der Waals surface area contributed by atoms with Crippen molar-refractivity contribution in [2.24, 2.45) is 0 Å². The highest BCUT2D eigenvalue weighted by molar-refractivity contribution is 6.33. The van der Waals surface area contributed by atoms with Crippen molar-refractivity contribution in [1.82, 2.24) is 15.3 Å². The lowest BCUT2D eigenvalue weighted by Crippen LogP contribution is -2.26. The van der Waals surface area contributed by atoms with Gasteiger partial charge < -0.3 is 15.0 Å². The van der Waals surface area contributed by atoms with Gasteiger partial charge in [0, 0.05) is 19.6 Å². The minimum atomic E-state index is -0.321. The first-order valence-corrected chi connectivity index (χ1v) is 10.4. The van der Waals surface area contributed by atoms with E-state index in [1.165, 1.54) is 6.20 Å². The van der Waals surface area contributed by atoms with E-state index >= 15 is 0 Å². The summed E-state index contributed by atoms with van der Waals surface area (Å²) in [5, 5.41) is 3.13. The number of anilines is 1. The SMILES string of the molecule is O=C(NCc1cccc(OCc2ccccc2)c1)c1nc(N2CCCC2)ncc1Cl. The molecule has 0 bridgehead atoms. The molecule has 0 radical (unpaired) electrons. The van der Waals surface area contributed by atoms with Crippen molar-refractivity contribution in [3.63, 3.8) is 0 Å². The number of nitrogens with one attached hydrogen (secondary N) is 1.